The lowest BCUT2D eigenvalue weighted by Crippen LogP contribution is -2.25. The molecule has 1 N–H and O–H groups in total. The Balaban J connectivity index is 1.62. The van der Waals surface area contributed by atoms with E-state index in [1.165, 1.54) is 17.9 Å². The molecule has 0 spiro atoms. The minimum atomic E-state index is -1.02. The zero-order valence-electron chi connectivity index (χ0n) is 19.8. The van der Waals surface area contributed by atoms with Gasteiger partial charge in [0.25, 0.3) is 0 Å². The number of aromatic nitrogens is 1. The smallest absolute Gasteiger partial charge is 0.335 e. The fourth-order valence-corrected chi connectivity index (χ4v) is 4.98. The summed E-state index contributed by atoms with van der Waals surface area (Å²) >= 11 is 0. The highest BCUT2D eigenvalue weighted by atomic mass is 16.4. The number of hydrogen-bond donors (Lipinski definition) is 1. The SMILES string of the molecule is CC(=O)N1/C(=C/c2cc(-c3cccc4ccccc34)c3cc(C(=O)O)ccc3n2)C(=O)c2ccccc21. The largest absolute Gasteiger partial charge is 0.478 e. The molecular weight excluding hydrogens is 464 g/mol. The summed E-state index contributed by atoms with van der Waals surface area (Å²) in [6.45, 7) is 1.42. The van der Waals surface area contributed by atoms with Gasteiger partial charge in [0.15, 0.2) is 0 Å². The predicted molar refractivity (Wildman–Crippen MR) is 144 cm³/mol. The van der Waals surface area contributed by atoms with E-state index in [0.717, 1.165) is 21.9 Å². The molecule has 0 saturated carbocycles. The van der Waals surface area contributed by atoms with Crippen LogP contribution >= 0.6 is 0 Å². The Morgan fingerprint density at radius 3 is 2.35 bits per heavy atom. The number of carboxylic acid groups (broad SMARTS) is 1. The summed E-state index contributed by atoms with van der Waals surface area (Å²) in [5, 5.41) is 12.3. The number of benzene rings is 4. The number of pyridine rings is 1. The average molecular weight is 485 g/mol. The molecule has 0 radical (unpaired) electrons. The average Bonchev–Trinajstić information content (AvgIpc) is 3.19. The van der Waals surface area contributed by atoms with Crippen molar-refractivity contribution >= 4 is 51.1 Å². The van der Waals surface area contributed by atoms with E-state index >= 15 is 0 Å². The number of rotatable bonds is 3. The monoisotopic (exact) mass is 484 g/mol. The van der Waals surface area contributed by atoms with Crippen LogP contribution in [0.1, 0.15) is 33.3 Å². The number of nitrogens with zero attached hydrogens (tertiary/aromatic N) is 2. The first-order chi connectivity index (χ1) is 17.9. The molecule has 0 aliphatic carbocycles. The second kappa shape index (κ2) is 8.53. The summed E-state index contributed by atoms with van der Waals surface area (Å²) < 4.78 is 0. The molecule has 0 atom stereocenters. The Kier molecular flexibility index (Phi) is 5.16. The fourth-order valence-electron chi connectivity index (χ4n) is 4.98. The van der Waals surface area contributed by atoms with Crippen molar-refractivity contribution in [2.24, 2.45) is 0 Å². The number of carbonyl (C=O) groups is 3. The number of hydrogen-bond acceptors (Lipinski definition) is 4. The molecule has 1 aliphatic heterocycles. The highest BCUT2D eigenvalue weighted by molar-refractivity contribution is 6.26. The van der Waals surface area contributed by atoms with Crippen molar-refractivity contribution < 1.29 is 19.5 Å². The molecule has 0 fully saturated rings. The lowest BCUT2D eigenvalue weighted by atomic mass is 9.94. The third-order valence-corrected chi connectivity index (χ3v) is 6.62. The van der Waals surface area contributed by atoms with Gasteiger partial charge in [-0.05, 0) is 64.4 Å². The van der Waals surface area contributed by atoms with Crippen LogP contribution in [-0.4, -0.2) is 27.8 Å². The third kappa shape index (κ3) is 3.67. The van der Waals surface area contributed by atoms with Crippen LogP contribution < -0.4 is 4.90 Å². The normalized spacial score (nSPS) is 13.9. The van der Waals surface area contributed by atoms with Gasteiger partial charge in [0.05, 0.1) is 28.2 Å². The van der Waals surface area contributed by atoms with Gasteiger partial charge >= 0.3 is 5.97 Å². The van der Waals surface area contributed by atoms with E-state index < -0.39 is 5.97 Å². The summed E-state index contributed by atoms with van der Waals surface area (Å²) in [6.07, 6.45) is 1.63. The Morgan fingerprint density at radius 1 is 0.811 bits per heavy atom. The molecule has 0 bridgehead atoms. The van der Waals surface area contributed by atoms with Gasteiger partial charge < -0.3 is 5.11 Å². The van der Waals surface area contributed by atoms with Gasteiger partial charge in [0.1, 0.15) is 0 Å². The maximum Gasteiger partial charge on any atom is 0.335 e. The number of aromatic carboxylic acids is 1. The maximum atomic E-state index is 13.3. The van der Waals surface area contributed by atoms with Crippen molar-refractivity contribution in [2.75, 3.05) is 4.90 Å². The fraction of sp³-hybridized carbons (Fsp3) is 0.0323. The number of para-hydroxylation sites is 1. The first-order valence-corrected chi connectivity index (χ1v) is 11.7. The quantitative estimate of drug-likeness (QED) is 0.302. The number of amides is 1. The van der Waals surface area contributed by atoms with Crippen LogP contribution in [0.4, 0.5) is 5.69 Å². The molecule has 6 nitrogen and oxygen atoms in total. The van der Waals surface area contributed by atoms with E-state index in [4.69, 9.17) is 4.98 Å². The zero-order chi connectivity index (χ0) is 25.7. The number of Topliss-reactive ketones (excluding diaryl/α,β-unsaturated/α-hetero) is 1. The highest BCUT2D eigenvalue weighted by Crippen LogP contribution is 2.38. The van der Waals surface area contributed by atoms with Crippen LogP contribution in [-0.2, 0) is 4.79 Å². The molecular formula is C31H20N2O4. The Hall–Kier alpha value is -5.10. The third-order valence-electron chi connectivity index (χ3n) is 6.62. The molecule has 0 unspecified atom stereocenters. The predicted octanol–water partition coefficient (Wildman–Crippen LogP) is 6.34. The Bertz CT molecular complexity index is 1810. The summed E-state index contributed by atoms with van der Waals surface area (Å²) in [4.78, 5) is 43.7. The number of fused-ring (bicyclic) bond motifs is 3. The molecule has 1 aliphatic rings. The van der Waals surface area contributed by atoms with E-state index in [0.29, 0.717) is 27.8 Å². The van der Waals surface area contributed by atoms with Crippen molar-refractivity contribution in [3.05, 3.63) is 114 Å². The van der Waals surface area contributed by atoms with E-state index in [2.05, 4.69) is 0 Å². The summed E-state index contributed by atoms with van der Waals surface area (Å²) in [6, 6.07) is 27.6. The topological polar surface area (TPSA) is 87.6 Å². The van der Waals surface area contributed by atoms with Crippen LogP contribution in [0.5, 0.6) is 0 Å². The molecule has 4 aromatic carbocycles. The first-order valence-electron chi connectivity index (χ1n) is 11.7. The minimum Gasteiger partial charge on any atom is -0.478 e. The number of allylic oxidation sites excluding steroid dienone is 1. The van der Waals surface area contributed by atoms with E-state index in [-0.39, 0.29) is 23.0 Å². The van der Waals surface area contributed by atoms with E-state index in [1.54, 1.807) is 42.5 Å². The van der Waals surface area contributed by atoms with Crippen LogP contribution in [0, 0.1) is 0 Å². The van der Waals surface area contributed by atoms with Gasteiger partial charge in [-0.15, -0.1) is 0 Å². The molecule has 5 aromatic rings. The Labute approximate surface area is 212 Å². The van der Waals surface area contributed by atoms with Crippen molar-refractivity contribution in [3.63, 3.8) is 0 Å². The number of anilines is 1. The Morgan fingerprint density at radius 2 is 1.54 bits per heavy atom. The van der Waals surface area contributed by atoms with Gasteiger partial charge in [-0.25, -0.2) is 9.78 Å². The van der Waals surface area contributed by atoms with Gasteiger partial charge in [0.2, 0.25) is 11.7 Å². The molecule has 6 heteroatoms. The van der Waals surface area contributed by atoms with Crippen LogP contribution in [0.3, 0.4) is 0 Å². The molecule has 1 amide bonds. The van der Waals surface area contributed by atoms with Crippen molar-refractivity contribution in [3.8, 4) is 11.1 Å². The molecule has 37 heavy (non-hydrogen) atoms. The molecule has 178 valence electrons. The van der Waals surface area contributed by atoms with Crippen molar-refractivity contribution in [1.82, 2.24) is 4.98 Å². The van der Waals surface area contributed by atoms with Crippen LogP contribution in [0.2, 0.25) is 0 Å². The number of ketones is 1. The van der Waals surface area contributed by atoms with E-state index in [9.17, 15) is 19.5 Å². The molecule has 1 aromatic heterocycles. The summed E-state index contributed by atoms with van der Waals surface area (Å²) in [5.74, 6) is -1.55. The minimum absolute atomic E-state index is 0.158. The van der Waals surface area contributed by atoms with Crippen molar-refractivity contribution in [2.45, 2.75) is 6.92 Å². The van der Waals surface area contributed by atoms with Gasteiger partial charge in [-0.1, -0.05) is 54.6 Å². The summed E-state index contributed by atoms with van der Waals surface area (Å²) in [5.41, 5.74) is 4.17. The number of carboxylic acids is 1. The first kappa shape index (κ1) is 22.4. The highest BCUT2D eigenvalue weighted by Gasteiger charge is 2.34. The number of carbonyl (C=O) groups excluding carboxylic acids is 2. The summed E-state index contributed by atoms with van der Waals surface area (Å²) in [7, 11) is 0. The lowest BCUT2D eigenvalue weighted by Gasteiger charge is -2.16. The van der Waals surface area contributed by atoms with Crippen molar-refractivity contribution in [1.29, 1.82) is 0 Å². The molecule has 2 heterocycles. The van der Waals surface area contributed by atoms with E-state index in [1.807, 2.05) is 48.5 Å². The molecule has 0 saturated heterocycles. The maximum absolute atomic E-state index is 13.3. The van der Waals surface area contributed by atoms with Gasteiger partial charge in [0, 0.05) is 17.9 Å². The van der Waals surface area contributed by atoms with Gasteiger partial charge in [-0.2, -0.15) is 0 Å². The second-order valence-corrected chi connectivity index (χ2v) is 8.89. The standard InChI is InChI=1S/C31H20N2O4/c1-18(34)33-28-12-5-4-10-24(28)30(35)29(33)17-21-16-25(23-11-6-8-19-7-2-3-9-22(19)23)26-15-20(31(36)37)13-14-27(26)32-21/h2-17H,1H3,(H,36,37)/b29-17+. The lowest BCUT2D eigenvalue weighted by molar-refractivity contribution is -0.116. The second-order valence-electron chi connectivity index (χ2n) is 8.89. The molecule has 6 rings (SSSR count). The van der Waals surface area contributed by atoms with Crippen LogP contribution in [0.15, 0.2) is 96.7 Å². The van der Waals surface area contributed by atoms with Crippen LogP contribution in [0.25, 0.3) is 38.9 Å². The zero-order valence-corrected chi connectivity index (χ0v) is 19.8. The van der Waals surface area contributed by atoms with Gasteiger partial charge in [-0.3, -0.25) is 14.5 Å².